The molecule has 0 atom stereocenters. The van der Waals surface area contributed by atoms with Gasteiger partial charge in [0.1, 0.15) is 11.5 Å². The second-order valence-corrected chi connectivity index (χ2v) is 9.79. The monoisotopic (exact) mass is 432 g/mol. The molecule has 2 aliphatic heterocycles. The van der Waals surface area contributed by atoms with E-state index in [0.29, 0.717) is 31.3 Å². The van der Waals surface area contributed by atoms with Gasteiger partial charge in [0.15, 0.2) is 21.4 Å². The fourth-order valence-electron chi connectivity index (χ4n) is 3.41. The highest BCUT2D eigenvalue weighted by molar-refractivity contribution is 7.91. The molecule has 3 rings (SSSR count). The van der Waals surface area contributed by atoms with Gasteiger partial charge in [0, 0.05) is 19.2 Å². The first kappa shape index (κ1) is 21.8. The molecule has 30 heavy (non-hydrogen) atoms. The third kappa shape index (κ3) is 4.99. The Morgan fingerprint density at radius 2 is 1.77 bits per heavy atom. The summed E-state index contributed by atoms with van der Waals surface area (Å²) in [6.45, 7) is 4.41. The van der Waals surface area contributed by atoms with Gasteiger partial charge in [0.2, 0.25) is 0 Å². The van der Waals surface area contributed by atoms with E-state index in [2.05, 4.69) is 15.0 Å². The van der Waals surface area contributed by atoms with Gasteiger partial charge in [-0.3, -0.25) is 14.6 Å². The highest BCUT2D eigenvalue weighted by Crippen LogP contribution is 2.24. The van der Waals surface area contributed by atoms with E-state index in [1.54, 1.807) is 0 Å². The number of sulfone groups is 1. The lowest BCUT2D eigenvalue weighted by molar-refractivity contribution is -0.116. The zero-order chi connectivity index (χ0) is 22.1. The number of Topliss-reactive ketones (excluding diaryl/α,β-unsaturated/α-hetero) is 1. The summed E-state index contributed by atoms with van der Waals surface area (Å²) in [5.41, 5.74) is 2.30. The molecule has 0 bridgehead atoms. The molecule has 0 aromatic heterocycles. The van der Waals surface area contributed by atoms with Crippen LogP contribution in [0.2, 0.25) is 0 Å². The Morgan fingerprint density at radius 1 is 1.07 bits per heavy atom. The maximum Gasteiger partial charge on any atom is 0.349 e. The van der Waals surface area contributed by atoms with Crippen molar-refractivity contribution in [2.75, 3.05) is 12.0 Å². The van der Waals surface area contributed by atoms with E-state index in [-0.39, 0.29) is 23.7 Å². The van der Waals surface area contributed by atoms with Crippen molar-refractivity contribution < 1.29 is 13.2 Å². The number of fused-ring (bicyclic) bond motifs is 2. The summed E-state index contributed by atoms with van der Waals surface area (Å²) in [4.78, 5) is 46.3. The Bertz CT molecular complexity index is 1310. The van der Waals surface area contributed by atoms with E-state index >= 15 is 0 Å². The number of hydrogen-bond acceptors (Lipinski definition) is 7. The molecule has 0 amide bonds. The molecule has 0 spiro atoms. The third-order valence-corrected chi connectivity index (χ3v) is 5.83. The molecule has 0 unspecified atom stereocenters. The van der Waals surface area contributed by atoms with Gasteiger partial charge >= 0.3 is 5.69 Å². The molecule has 1 aromatic carbocycles. The zero-order valence-electron chi connectivity index (χ0n) is 17.2. The number of nitrogens with zero attached hydrogens (tertiary/aromatic N) is 3. The van der Waals surface area contributed by atoms with Crippen LogP contribution in [-0.2, 0) is 21.2 Å². The zero-order valence-corrected chi connectivity index (χ0v) is 18.0. The average Bonchev–Trinajstić information content (AvgIpc) is 2.61. The second kappa shape index (κ2) is 8.47. The van der Waals surface area contributed by atoms with Crippen molar-refractivity contribution in [2.24, 2.45) is 0 Å². The first-order valence-corrected chi connectivity index (χ1v) is 11.7. The number of aryl methyl sites for hydroxylation is 3. The average molecular weight is 433 g/mol. The molecule has 2 aliphatic rings. The number of ketones is 1. The van der Waals surface area contributed by atoms with Gasteiger partial charge in [0.05, 0.1) is 11.0 Å². The van der Waals surface area contributed by atoms with Gasteiger partial charge in [-0.05, 0) is 49.9 Å². The topological polar surface area (TPSA) is 132 Å². The minimum atomic E-state index is -3.30. The van der Waals surface area contributed by atoms with Crippen LogP contribution in [0.1, 0.15) is 36.8 Å². The Kier molecular flexibility index (Phi) is 6.16. The van der Waals surface area contributed by atoms with Crippen LogP contribution in [0.5, 0.6) is 0 Å². The number of aromatic nitrogens is 4. The lowest BCUT2D eigenvalue weighted by Crippen LogP contribution is -2.29. The number of rotatable bonds is 8. The van der Waals surface area contributed by atoms with E-state index in [1.807, 2.05) is 30.5 Å². The maximum absolute atomic E-state index is 12.3. The summed E-state index contributed by atoms with van der Waals surface area (Å²) in [5, 5.41) is 0. The number of nitrogens with one attached hydrogen (secondary N) is 1. The van der Waals surface area contributed by atoms with Crippen LogP contribution in [0.3, 0.4) is 0 Å². The van der Waals surface area contributed by atoms with E-state index in [9.17, 15) is 22.8 Å². The Hall–Kier alpha value is -2.88. The van der Waals surface area contributed by atoms with Gasteiger partial charge < -0.3 is 4.57 Å². The summed E-state index contributed by atoms with van der Waals surface area (Å²) in [6, 6.07) is 3.86. The van der Waals surface area contributed by atoms with Crippen LogP contribution < -0.4 is 11.2 Å². The molecule has 160 valence electrons. The molecule has 1 N–H and O–H groups in total. The first-order valence-electron chi connectivity index (χ1n) is 9.66. The van der Waals surface area contributed by atoms with Crippen molar-refractivity contribution in [3.8, 4) is 11.5 Å². The predicted molar refractivity (Wildman–Crippen MR) is 114 cm³/mol. The molecule has 10 heteroatoms. The highest BCUT2D eigenvalue weighted by atomic mass is 32.2. The molecule has 1 aromatic rings. The quantitative estimate of drug-likeness (QED) is 0.420. The molecule has 0 saturated carbocycles. The first-order chi connectivity index (χ1) is 14.0. The Labute approximate surface area is 173 Å². The van der Waals surface area contributed by atoms with E-state index in [0.717, 1.165) is 22.9 Å². The maximum atomic E-state index is 12.3. The number of hydrogen-bond donors (Lipinski definition) is 1. The van der Waals surface area contributed by atoms with Crippen LogP contribution in [0.15, 0.2) is 21.7 Å². The van der Waals surface area contributed by atoms with Gasteiger partial charge in [0.25, 0.3) is 5.56 Å². The number of benzene rings is 1. The van der Waals surface area contributed by atoms with Crippen molar-refractivity contribution >= 4 is 26.7 Å². The van der Waals surface area contributed by atoms with E-state index in [4.69, 9.17) is 0 Å². The fourth-order valence-corrected chi connectivity index (χ4v) is 4.14. The molecular formula is C20H24N4O5S. The molecular weight excluding hydrogens is 408 g/mol. The summed E-state index contributed by atoms with van der Waals surface area (Å²) in [5.74, 6) is -0.494. The third-order valence-electron chi connectivity index (χ3n) is 4.98. The van der Waals surface area contributed by atoms with E-state index in [1.165, 1.54) is 0 Å². The van der Waals surface area contributed by atoms with Gasteiger partial charge in [-0.1, -0.05) is 6.42 Å². The van der Waals surface area contributed by atoms with Crippen molar-refractivity contribution in [3.05, 3.63) is 44.1 Å². The summed E-state index contributed by atoms with van der Waals surface area (Å²) >= 11 is 0. The van der Waals surface area contributed by atoms with Crippen molar-refractivity contribution in [2.45, 2.75) is 46.1 Å². The number of carbonyl (C=O) groups is 1. The van der Waals surface area contributed by atoms with Crippen LogP contribution in [0.4, 0.5) is 0 Å². The summed E-state index contributed by atoms with van der Waals surface area (Å²) in [6.07, 6.45) is 3.17. The molecule has 2 heterocycles. The van der Waals surface area contributed by atoms with Crippen molar-refractivity contribution in [1.29, 1.82) is 0 Å². The minimum absolute atomic E-state index is 0.105. The van der Waals surface area contributed by atoms with Crippen molar-refractivity contribution in [3.63, 3.8) is 0 Å². The summed E-state index contributed by atoms with van der Waals surface area (Å²) in [7, 11) is -3.30. The smallest absolute Gasteiger partial charge is 0.322 e. The van der Waals surface area contributed by atoms with Gasteiger partial charge in [-0.25, -0.2) is 18.2 Å². The van der Waals surface area contributed by atoms with Crippen LogP contribution in [-0.4, -0.2) is 45.7 Å². The lowest BCUT2D eigenvalue weighted by atomic mass is 10.1. The number of carbonyl (C=O) groups excluding carboxylic acids is 1. The van der Waals surface area contributed by atoms with Crippen LogP contribution in [0, 0.1) is 13.8 Å². The number of unbranched alkanes of at least 4 members (excludes halogenated alkanes) is 2. The molecule has 0 radical (unpaired) electrons. The SMILES string of the molecule is Cc1cc2nc3c(=O)[nH]c(=O)nc-3n(CCCCCC(=O)CS(C)(=O)=O)c2cc1C. The predicted octanol–water partition coefficient (Wildman–Crippen LogP) is 1.38. The molecule has 0 aliphatic carbocycles. The fraction of sp³-hybridized carbons (Fsp3) is 0.450. The number of aromatic amines is 1. The molecule has 0 saturated heterocycles. The lowest BCUT2D eigenvalue weighted by Gasteiger charge is -2.17. The number of H-pyrrole nitrogens is 1. The molecule has 9 nitrogen and oxygen atoms in total. The van der Waals surface area contributed by atoms with E-state index < -0.39 is 26.8 Å². The minimum Gasteiger partial charge on any atom is -0.322 e. The van der Waals surface area contributed by atoms with Crippen LogP contribution in [0.25, 0.3) is 22.6 Å². The Balaban J connectivity index is 1.86. The molecule has 0 fully saturated rings. The van der Waals surface area contributed by atoms with Gasteiger partial charge in [-0.15, -0.1) is 0 Å². The largest absolute Gasteiger partial charge is 0.349 e. The second-order valence-electron chi connectivity index (χ2n) is 7.65. The standard InChI is InChI=1S/C20H24N4O5S/c1-12-9-15-16(10-13(12)2)24(18-17(21-15)19(26)23-20(27)22-18)8-6-4-5-7-14(25)11-30(3,28)29/h9-10H,4-8,11H2,1-3H3,(H,23,26,27). The van der Waals surface area contributed by atoms with Gasteiger partial charge in [-0.2, -0.15) is 4.98 Å². The Morgan fingerprint density at radius 3 is 2.47 bits per heavy atom. The van der Waals surface area contributed by atoms with Crippen molar-refractivity contribution in [1.82, 2.24) is 19.5 Å². The summed E-state index contributed by atoms with van der Waals surface area (Å²) < 4.78 is 24.2. The van der Waals surface area contributed by atoms with Crippen LogP contribution >= 0.6 is 0 Å². The highest BCUT2D eigenvalue weighted by Gasteiger charge is 2.19. The normalized spacial score (nSPS) is 12.0.